The van der Waals surface area contributed by atoms with Crippen LogP contribution in [0.25, 0.3) is 0 Å². The quantitative estimate of drug-likeness (QED) is 0.924. The molecular weight excluding hydrogens is 295 g/mol. The third-order valence-corrected chi connectivity index (χ3v) is 4.03. The maximum absolute atomic E-state index is 13.4. The highest BCUT2D eigenvalue weighted by atomic mass is 19.1. The summed E-state index contributed by atoms with van der Waals surface area (Å²) in [5.74, 6) is 1.21. The van der Waals surface area contributed by atoms with Crippen molar-refractivity contribution < 1.29 is 4.39 Å². The first-order valence-electron chi connectivity index (χ1n) is 7.65. The molecule has 0 spiro atoms. The standard InChI is InChI=1S/C16H19FN6/c1-12-19-16(21-20-12)11-23-6-4-22(5-7-23)10-13-2-3-15(17)14(8-13)9-18/h2-3,8H,4-7,10-11H2,1H3,(H,19,20,21). The molecule has 1 N–H and O–H groups in total. The number of aryl methyl sites for hydroxylation is 1. The van der Waals surface area contributed by atoms with Crippen molar-refractivity contribution in [3.63, 3.8) is 0 Å². The molecule has 7 heteroatoms. The van der Waals surface area contributed by atoms with Gasteiger partial charge in [-0.05, 0) is 24.6 Å². The Bertz CT molecular complexity index is 712. The summed E-state index contributed by atoms with van der Waals surface area (Å²) in [5, 5.41) is 15.9. The number of aromatic nitrogens is 3. The molecule has 1 aliphatic rings. The van der Waals surface area contributed by atoms with Crippen LogP contribution in [-0.4, -0.2) is 51.2 Å². The molecule has 1 fully saturated rings. The van der Waals surface area contributed by atoms with Crippen molar-refractivity contribution in [3.05, 3.63) is 46.8 Å². The molecule has 23 heavy (non-hydrogen) atoms. The lowest BCUT2D eigenvalue weighted by atomic mass is 10.1. The first kappa shape index (κ1) is 15.6. The zero-order valence-electron chi connectivity index (χ0n) is 13.1. The number of nitriles is 1. The number of aromatic amines is 1. The summed E-state index contributed by atoms with van der Waals surface area (Å²) in [6.45, 7) is 7.15. The fourth-order valence-electron chi connectivity index (χ4n) is 2.78. The number of hydrogen-bond donors (Lipinski definition) is 1. The number of halogens is 1. The van der Waals surface area contributed by atoms with E-state index in [1.54, 1.807) is 12.1 Å². The summed E-state index contributed by atoms with van der Waals surface area (Å²) in [7, 11) is 0. The molecule has 2 aromatic rings. The van der Waals surface area contributed by atoms with E-state index >= 15 is 0 Å². The Morgan fingerprint density at radius 1 is 1.22 bits per heavy atom. The lowest BCUT2D eigenvalue weighted by molar-refractivity contribution is 0.120. The van der Waals surface area contributed by atoms with E-state index in [2.05, 4.69) is 25.0 Å². The molecule has 0 unspecified atom stereocenters. The Morgan fingerprint density at radius 2 is 1.91 bits per heavy atom. The van der Waals surface area contributed by atoms with Gasteiger partial charge in [0, 0.05) is 32.7 Å². The lowest BCUT2D eigenvalue weighted by Gasteiger charge is -2.34. The summed E-state index contributed by atoms with van der Waals surface area (Å²) >= 11 is 0. The molecular formula is C16H19FN6. The minimum Gasteiger partial charge on any atom is -0.297 e. The molecule has 0 saturated carbocycles. The number of hydrogen-bond acceptors (Lipinski definition) is 5. The maximum atomic E-state index is 13.4. The van der Waals surface area contributed by atoms with Crippen LogP contribution in [0.3, 0.4) is 0 Å². The van der Waals surface area contributed by atoms with E-state index in [1.165, 1.54) is 6.07 Å². The Labute approximate surface area is 134 Å². The fraction of sp³-hybridized carbons (Fsp3) is 0.438. The number of benzene rings is 1. The van der Waals surface area contributed by atoms with Crippen LogP contribution in [0, 0.1) is 24.1 Å². The van der Waals surface area contributed by atoms with Gasteiger partial charge in [0.25, 0.3) is 0 Å². The molecule has 0 radical (unpaired) electrons. The van der Waals surface area contributed by atoms with Crippen LogP contribution in [0.15, 0.2) is 18.2 Å². The van der Waals surface area contributed by atoms with Crippen LogP contribution in [0.2, 0.25) is 0 Å². The predicted molar refractivity (Wildman–Crippen MR) is 82.8 cm³/mol. The van der Waals surface area contributed by atoms with Gasteiger partial charge >= 0.3 is 0 Å². The van der Waals surface area contributed by atoms with E-state index in [0.717, 1.165) is 56.5 Å². The molecule has 0 bridgehead atoms. The molecule has 6 nitrogen and oxygen atoms in total. The van der Waals surface area contributed by atoms with E-state index in [0.29, 0.717) is 0 Å². The molecule has 1 aliphatic heterocycles. The third kappa shape index (κ3) is 3.92. The first-order valence-corrected chi connectivity index (χ1v) is 7.65. The zero-order valence-corrected chi connectivity index (χ0v) is 13.1. The molecule has 0 amide bonds. The second-order valence-corrected chi connectivity index (χ2v) is 5.82. The molecule has 3 rings (SSSR count). The van der Waals surface area contributed by atoms with E-state index in [1.807, 2.05) is 13.0 Å². The van der Waals surface area contributed by atoms with Crippen LogP contribution in [0.4, 0.5) is 4.39 Å². The molecule has 1 aromatic heterocycles. The van der Waals surface area contributed by atoms with Crippen LogP contribution >= 0.6 is 0 Å². The van der Waals surface area contributed by atoms with Crippen molar-refractivity contribution in [2.75, 3.05) is 26.2 Å². The normalized spacial score (nSPS) is 16.4. The van der Waals surface area contributed by atoms with Gasteiger partial charge in [-0.2, -0.15) is 10.4 Å². The van der Waals surface area contributed by atoms with Crippen molar-refractivity contribution in [1.82, 2.24) is 25.0 Å². The Kier molecular flexibility index (Phi) is 4.65. The van der Waals surface area contributed by atoms with Gasteiger partial charge in [0.1, 0.15) is 17.7 Å². The molecule has 0 atom stereocenters. The number of nitrogens with one attached hydrogen (secondary N) is 1. The average Bonchev–Trinajstić information content (AvgIpc) is 2.96. The molecule has 1 aromatic carbocycles. The fourth-order valence-corrected chi connectivity index (χ4v) is 2.78. The van der Waals surface area contributed by atoms with Crippen molar-refractivity contribution in [3.8, 4) is 6.07 Å². The number of H-pyrrole nitrogens is 1. The minimum atomic E-state index is -0.456. The number of piperazine rings is 1. The van der Waals surface area contributed by atoms with Crippen LogP contribution in [0.5, 0.6) is 0 Å². The van der Waals surface area contributed by atoms with Gasteiger partial charge in [0.15, 0.2) is 5.82 Å². The molecule has 0 aliphatic carbocycles. The monoisotopic (exact) mass is 314 g/mol. The SMILES string of the molecule is Cc1nc(CN2CCN(Cc3ccc(F)c(C#N)c3)CC2)n[nH]1. The van der Waals surface area contributed by atoms with Gasteiger partial charge in [-0.25, -0.2) is 9.37 Å². The van der Waals surface area contributed by atoms with E-state index in [-0.39, 0.29) is 5.56 Å². The van der Waals surface area contributed by atoms with E-state index in [4.69, 9.17) is 5.26 Å². The van der Waals surface area contributed by atoms with Crippen molar-refractivity contribution in [1.29, 1.82) is 5.26 Å². The summed E-state index contributed by atoms with van der Waals surface area (Å²) in [5.41, 5.74) is 1.09. The third-order valence-electron chi connectivity index (χ3n) is 4.03. The van der Waals surface area contributed by atoms with Crippen LogP contribution in [-0.2, 0) is 13.1 Å². The number of nitrogens with zero attached hydrogens (tertiary/aromatic N) is 5. The van der Waals surface area contributed by atoms with Gasteiger partial charge in [0.05, 0.1) is 12.1 Å². The number of rotatable bonds is 4. The summed E-state index contributed by atoms with van der Waals surface area (Å²) in [6, 6.07) is 6.65. The largest absolute Gasteiger partial charge is 0.297 e. The smallest absolute Gasteiger partial charge is 0.164 e. The zero-order chi connectivity index (χ0) is 16.2. The average molecular weight is 314 g/mol. The van der Waals surface area contributed by atoms with Gasteiger partial charge in [-0.3, -0.25) is 14.9 Å². The molecule has 2 heterocycles. The van der Waals surface area contributed by atoms with Gasteiger partial charge in [0.2, 0.25) is 0 Å². The minimum absolute atomic E-state index is 0.112. The Hall–Kier alpha value is -2.30. The van der Waals surface area contributed by atoms with Gasteiger partial charge in [-0.15, -0.1) is 0 Å². The Morgan fingerprint density at radius 3 is 2.52 bits per heavy atom. The van der Waals surface area contributed by atoms with Crippen molar-refractivity contribution in [2.45, 2.75) is 20.0 Å². The second kappa shape index (κ2) is 6.86. The summed E-state index contributed by atoms with van der Waals surface area (Å²) in [6.07, 6.45) is 0. The topological polar surface area (TPSA) is 71.8 Å². The highest BCUT2D eigenvalue weighted by Gasteiger charge is 2.18. The summed E-state index contributed by atoms with van der Waals surface area (Å²) < 4.78 is 13.4. The second-order valence-electron chi connectivity index (χ2n) is 5.82. The van der Waals surface area contributed by atoms with Crippen LogP contribution < -0.4 is 0 Å². The van der Waals surface area contributed by atoms with Crippen molar-refractivity contribution in [2.24, 2.45) is 0 Å². The van der Waals surface area contributed by atoms with E-state index < -0.39 is 5.82 Å². The van der Waals surface area contributed by atoms with Crippen LogP contribution in [0.1, 0.15) is 22.8 Å². The molecule has 1 saturated heterocycles. The van der Waals surface area contributed by atoms with Gasteiger partial charge in [-0.1, -0.05) is 6.07 Å². The highest BCUT2D eigenvalue weighted by molar-refractivity contribution is 5.34. The molecule has 120 valence electrons. The van der Waals surface area contributed by atoms with E-state index in [9.17, 15) is 4.39 Å². The highest BCUT2D eigenvalue weighted by Crippen LogP contribution is 2.13. The first-order chi connectivity index (χ1) is 11.1. The van der Waals surface area contributed by atoms with Crippen molar-refractivity contribution >= 4 is 0 Å². The summed E-state index contributed by atoms with van der Waals surface area (Å²) in [4.78, 5) is 8.97. The van der Waals surface area contributed by atoms with Gasteiger partial charge < -0.3 is 0 Å². The predicted octanol–water partition coefficient (Wildman–Crippen LogP) is 1.44. The Balaban J connectivity index is 1.52. The maximum Gasteiger partial charge on any atom is 0.164 e. The lowest BCUT2D eigenvalue weighted by Crippen LogP contribution is -2.45.